The predicted molar refractivity (Wildman–Crippen MR) is 95.6 cm³/mol. The standard InChI is InChI=1S/C19H20ClF2NO3/c20-15-7-14(13-1-2-18(21)19(22)9-13)8-17(10-15)26-12-16(24)11-23-3-5-25-6-4-23/h1-2,7-10,16,24H,3-6,11-12H2. The average molecular weight is 384 g/mol. The Labute approximate surface area is 155 Å². The molecule has 0 amide bonds. The number of ether oxygens (including phenoxy) is 2. The van der Waals surface area contributed by atoms with Gasteiger partial charge in [0.25, 0.3) is 0 Å². The highest BCUT2D eigenvalue weighted by molar-refractivity contribution is 6.31. The van der Waals surface area contributed by atoms with Crippen LogP contribution in [0.3, 0.4) is 0 Å². The topological polar surface area (TPSA) is 41.9 Å². The van der Waals surface area contributed by atoms with Crippen LogP contribution in [0.5, 0.6) is 5.75 Å². The second-order valence-corrected chi connectivity index (χ2v) is 6.62. The molecule has 26 heavy (non-hydrogen) atoms. The van der Waals surface area contributed by atoms with E-state index in [2.05, 4.69) is 4.90 Å². The van der Waals surface area contributed by atoms with E-state index in [0.717, 1.165) is 25.2 Å². The molecule has 0 radical (unpaired) electrons. The molecule has 2 aromatic carbocycles. The second-order valence-electron chi connectivity index (χ2n) is 6.18. The number of hydrogen-bond donors (Lipinski definition) is 1. The number of aliphatic hydroxyl groups excluding tert-OH is 1. The number of β-amino-alcohol motifs (C(OH)–C–C–N with tert-alkyl or cyclic N) is 1. The monoisotopic (exact) mass is 383 g/mol. The highest BCUT2D eigenvalue weighted by Crippen LogP contribution is 2.29. The fraction of sp³-hybridized carbons (Fsp3) is 0.368. The van der Waals surface area contributed by atoms with Crippen LogP contribution in [0.1, 0.15) is 0 Å². The lowest BCUT2D eigenvalue weighted by Gasteiger charge is -2.28. The van der Waals surface area contributed by atoms with E-state index in [1.54, 1.807) is 18.2 Å². The molecule has 1 saturated heterocycles. The molecule has 1 unspecified atom stereocenters. The van der Waals surface area contributed by atoms with E-state index in [0.29, 0.717) is 41.7 Å². The lowest BCUT2D eigenvalue weighted by atomic mass is 10.1. The average Bonchev–Trinajstić information content (AvgIpc) is 2.63. The van der Waals surface area contributed by atoms with Gasteiger partial charge in [0.1, 0.15) is 18.5 Å². The summed E-state index contributed by atoms with van der Waals surface area (Å²) in [6, 6.07) is 8.59. The molecule has 1 aliphatic rings. The number of nitrogens with zero attached hydrogens (tertiary/aromatic N) is 1. The van der Waals surface area contributed by atoms with Crippen LogP contribution < -0.4 is 4.74 Å². The van der Waals surface area contributed by atoms with Crippen molar-refractivity contribution in [3.8, 4) is 16.9 Å². The summed E-state index contributed by atoms with van der Waals surface area (Å²) in [5.41, 5.74) is 1.10. The third kappa shape index (κ3) is 5.14. The van der Waals surface area contributed by atoms with Crippen LogP contribution in [0.4, 0.5) is 8.78 Å². The SMILES string of the molecule is OC(COc1cc(Cl)cc(-c2ccc(F)c(F)c2)c1)CN1CCOCC1. The van der Waals surface area contributed by atoms with E-state index in [4.69, 9.17) is 21.1 Å². The Bertz CT molecular complexity index is 754. The van der Waals surface area contributed by atoms with Gasteiger partial charge >= 0.3 is 0 Å². The molecule has 1 aliphatic heterocycles. The van der Waals surface area contributed by atoms with E-state index in [1.165, 1.54) is 6.07 Å². The lowest BCUT2D eigenvalue weighted by Crippen LogP contribution is -2.42. The molecule has 0 aromatic heterocycles. The van der Waals surface area contributed by atoms with Crippen molar-refractivity contribution in [2.45, 2.75) is 6.10 Å². The van der Waals surface area contributed by atoms with Gasteiger partial charge in [0.2, 0.25) is 0 Å². The van der Waals surface area contributed by atoms with Crippen LogP contribution in [0, 0.1) is 11.6 Å². The molecule has 1 atom stereocenters. The molecule has 1 N–H and O–H groups in total. The van der Waals surface area contributed by atoms with Crippen molar-refractivity contribution < 1.29 is 23.4 Å². The predicted octanol–water partition coefficient (Wildman–Crippen LogP) is 3.36. The molecule has 0 saturated carbocycles. The first-order valence-electron chi connectivity index (χ1n) is 8.38. The summed E-state index contributed by atoms with van der Waals surface area (Å²) in [7, 11) is 0. The molecule has 0 aliphatic carbocycles. The summed E-state index contributed by atoms with van der Waals surface area (Å²) in [6.45, 7) is 3.51. The number of halogens is 3. The molecule has 140 valence electrons. The first-order valence-corrected chi connectivity index (χ1v) is 8.76. The number of benzene rings is 2. The maximum atomic E-state index is 13.5. The zero-order chi connectivity index (χ0) is 18.5. The van der Waals surface area contributed by atoms with Gasteiger partial charge in [-0.3, -0.25) is 4.90 Å². The quantitative estimate of drug-likeness (QED) is 0.830. The third-order valence-electron chi connectivity index (χ3n) is 4.14. The number of hydrogen-bond acceptors (Lipinski definition) is 4. The first kappa shape index (κ1) is 19.0. The van der Waals surface area contributed by atoms with Gasteiger partial charge in [-0.25, -0.2) is 8.78 Å². The summed E-state index contributed by atoms with van der Waals surface area (Å²) in [4.78, 5) is 2.11. The van der Waals surface area contributed by atoms with Crippen LogP contribution in [0.2, 0.25) is 5.02 Å². The Morgan fingerprint density at radius 2 is 1.85 bits per heavy atom. The van der Waals surface area contributed by atoms with E-state index in [-0.39, 0.29) is 6.61 Å². The van der Waals surface area contributed by atoms with Crippen molar-refractivity contribution in [2.75, 3.05) is 39.5 Å². The molecule has 4 nitrogen and oxygen atoms in total. The van der Waals surface area contributed by atoms with Crippen molar-refractivity contribution >= 4 is 11.6 Å². The summed E-state index contributed by atoms with van der Waals surface area (Å²) < 4.78 is 37.5. The molecule has 1 heterocycles. The molecule has 7 heteroatoms. The highest BCUT2D eigenvalue weighted by Gasteiger charge is 2.15. The minimum Gasteiger partial charge on any atom is -0.491 e. The van der Waals surface area contributed by atoms with Gasteiger partial charge in [-0.15, -0.1) is 0 Å². The van der Waals surface area contributed by atoms with Crippen LogP contribution in [0.25, 0.3) is 11.1 Å². The first-order chi connectivity index (χ1) is 12.5. The van der Waals surface area contributed by atoms with Gasteiger partial charge in [0.15, 0.2) is 11.6 Å². The number of morpholine rings is 1. The Hall–Kier alpha value is -1.73. The smallest absolute Gasteiger partial charge is 0.159 e. The van der Waals surface area contributed by atoms with Crippen molar-refractivity contribution in [3.63, 3.8) is 0 Å². The molecule has 0 spiro atoms. The van der Waals surface area contributed by atoms with Gasteiger partial charge in [-0.2, -0.15) is 0 Å². The van der Waals surface area contributed by atoms with Crippen LogP contribution in [0.15, 0.2) is 36.4 Å². The Kier molecular flexibility index (Phi) is 6.43. The molecule has 1 fully saturated rings. The fourth-order valence-corrected chi connectivity index (χ4v) is 3.04. The van der Waals surface area contributed by atoms with Crippen molar-refractivity contribution in [1.82, 2.24) is 4.90 Å². The Morgan fingerprint density at radius 3 is 2.58 bits per heavy atom. The molecule has 3 rings (SSSR count). The Balaban J connectivity index is 1.64. The number of aliphatic hydroxyl groups is 1. The summed E-state index contributed by atoms with van der Waals surface area (Å²) in [5.74, 6) is -1.37. The third-order valence-corrected chi connectivity index (χ3v) is 4.36. The number of rotatable bonds is 6. The zero-order valence-electron chi connectivity index (χ0n) is 14.1. The van der Waals surface area contributed by atoms with Gasteiger partial charge in [-0.1, -0.05) is 17.7 Å². The van der Waals surface area contributed by atoms with Crippen LogP contribution in [-0.4, -0.2) is 55.6 Å². The van der Waals surface area contributed by atoms with Crippen molar-refractivity contribution in [2.24, 2.45) is 0 Å². The summed E-state index contributed by atoms with van der Waals surface area (Å²) >= 11 is 6.11. The summed E-state index contributed by atoms with van der Waals surface area (Å²) in [6.07, 6.45) is -0.654. The van der Waals surface area contributed by atoms with Crippen molar-refractivity contribution in [1.29, 1.82) is 0 Å². The minimum absolute atomic E-state index is 0.106. The molecular formula is C19H20ClF2NO3. The van der Waals surface area contributed by atoms with E-state index in [9.17, 15) is 13.9 Å². The normalized spacial score (nSPS) is 16.5. The second kappa shape index (κ2) is 8.77. The van der Waals surface area contributed by atoms with Crippen LogP contribution in [-0.2, 0) is 4.74 Å². The largest absolute Gasteiger partial charge is 0.491 e. The fourth-order valence-electron chi connectivity index (χ4n) is 2.82. The van der Waals surface area contributed by atoms with E-state index < -0.39 is 17.7 Å². The van der Waals surface area contributed by atoms with E-state index in [1.807, 2.05) is 0 Å². The van der Waals surface area contributed by atoms with Gasteiger partial charge in [0.05, 0.1) is 13.2 Å². The maximum Gasteiger partial charge on any atom is 0.159 e. The van der Waals surface area contributed by atoms with Gasteiger partial charge in [-0.05, 0) is 41.5 Å². The minimum atomic E-state index is -0.925. The van der Waals surface area contributed by atoms with Gasteiger partial charge < -0.3 is 14.6 Å². The Morgan fingerprint density at radius 1 is 1.08 bits per heavy atom. The van der Waals surface area contributed by atoms with Crippen LogP contribution >= 0.6 is 11.6 Å². The zero-order valence-corrected chi connectivity index (χ0v) is 14.9. The maximum absolute atomic E-state index is 13.5. The van der Waals surface area contributed by atoms with E-state index >= 15 is 0 Å². The lowest BCUT2D eigenvalue weighted by molar-refractivity contribution is 0.00466. The molecule has 2 aromatic rings. The van der Waals surface area contributed by atoms with Gasteiger partial charge in [0, 0.05) is 24.7 Å². The summed E-state index contributed by atoms with van der Waals surface area (Å²) in [5, 5.41) is 10.6. The molecular weight excluding hydrogens is 364 g/mol. The molecule has 0 bridgehead atoms. The highest BCUT2D eigenvalue weighted by atomic mass is 35.5. The van der Waals surface area contributed by atoms with Crippen molar-refractivity contribution in [3.05, 3.63) is 53.1 Å².